The Morgan fingerprint density at radius 3 is 2.80 bits per heavy atom. The van der Waals surface area contributed by atoms with Crippen LogP contribution in [-0.4, -0.2) is 64.1 Å². The molecule has 1 amide bonds. The number of carbonyl (C=O) groups excluding carboxylic acids is 2. The van der Waals surface area contributed by atoms with Gasteiger partial charge < -0.3 is 19.7 Å². The number of hydrogen-bond acceptors (Lipinski definition) is 8. The Bertz CT molecular complexity index is 1600. The van der Waals surface area contributed by atoms with Crippen molar-refractivity contribution >= 4 is 23.0 Å². The monoisotopic (exact) mass is 569 g/mol. The summed E-state index contributed by atoms with van der Waals surface area (Å²) in [6.45, 7) is 1.95. The quantitative estimate of drug-likeness (QED) is 0.358. The Hall–Kier alpha value is -4.02. The van der Waals surface area contributed by atoms with E-state index in [1.165, 1.54) is 0 Å². The topological polar surface area (TPSA) is 98.6 Å². The first-order valence-electron chi connectivity index (χ1n) is 14.1. The number of fused-ring (bicyclic) bond motifs is 3. The zero-order chi connectivity index (χ0) is 27.9. The fourth-order valence-electron chi connectivity index (χ4n) is 6.01. The highest BCUT2D eigenvalue weighted by molar-refractivity contribution is 7.08. The van der Waals surface area contributed by atoms with Crippen LogP contribution in [0.4, 0.5) is 0 Å². The van der Waals surface area contributed by atoms with Gasteiger partial charge in [-0.25, -0.2) is 4.68 Å². The summed E-state index contributed by atoms with van der Waals surface area (Å²) < 4.78 is 13.8. The van der Waals surface area contributed by atoms with E-state index < -0.39 is 6.04 Å². The Labute approximate surface area is 242 Å². The lowest BCUT2D eigenvalue weighted by molar-refractivity contribution is -0.129. The zero-order valence-electron chi connectivity index (χ0n) is 22.8. The predicted octanol–water partition coefficient (Wildman–Crippen LogP) is 4.74. The van der Waals surface area contributed by atoms with Crippen LogP contribution in [-0.2, 0) is 11.4 Å². The van der Waals surface area contributed by atoms with Crippen LogP contribution < -0.4 is 14.8 Å². The van der Waals surface area contributed by atoms with Crippen molar-refractivity contribution in [1.29, 1.82) is 0 Å². The molecule has 3 aliphatic rings. The van der Waals surface area contributed by atoms with Gasteiger partial charge in [-0.3, -0.25) is 14.6 Å². The lowest BCUT2D eigenvalue weighted by Gasteiger charge is -2.34. The molecule has 9 nitrogen and oxygen atoms in total. The summed E-state index contributed by atoms with van der Waals surface area (Å²) in [5, 5.41) is 12.3. The SMILES string of the molecule is COc1cc2c(cc1-c1cccnc1)-c1c(c(C(=O)N3CCCNCC3C(=O)C3CCC3)nn1-c1ccsc1)CO2. The number of methoxy groups -OCH3 is 1. The molecule has 2 fully saturated rings. The first-order valence-corrected chi connectivity index (χ1v) is 15.0. The Balaban J connectivity index is 1.36. The smallest absolute Gasteiger partial charge is 0.275 e. The number of amides is 1. The van der Waals surface area contributed by atoms with Gasteiger partial charge in [0.1, 0.15) is 24.1 Å². The van der Waals surface area contributed by atoms with Crippen molar-refractivity contribution in [1.82, 2.24) is 25.0 Å². The van der Waals surface area contributed by atoms with E-state index in [4.69, 9.17) is 14.6 Å². The third-order valence-corrected chi connectivity index (χ3v) is 9.07. The molecule has 10 heteroatoms. The van der Waals surface area contributed by atoms with Crippen molar-refractivity contribution < 1.29 is 19.1 Å². The van der Waals surface area contributed by atoms with Crippen molar-refractivity contribution in [3.63, 3.8) is 0 Å². The average Bonchev–Trinajstić information content (AvgIpc) is 3.57. The van der Waals surface area contributed by atoms with Gasteiger partial charge in [-0.15, -0.1) is 0 Å². The summed E-state index contributed by atoms with van der Waals surface area (Å²) in [6.07, 6.45) is 7.21. The van der Waals surface area contributed by atoms with Gasteiger partial charge in [0.25, 0.3) is 5.91 Å². The number of nitrogens with zero attached hydrogens (tertiary/aromatic N) is 4. The predicted molar refractivity (Wildman–Crippen MR) is 156 cm³/mol. The molecule has 0 spiro atoms. The summed E-state index contributed by atoms with van der Waals surface area (Å²) in [7, 11) is 1.64. The van der Waals surface area contributed by atoms with Gasteiger partial charge in [-0.1, -0.05) is 12.5 Å². The van der Waals surface area contributed by atoms with Gasteiger partial charge in [0.2, 0.25) is 0 Å². The molecule has 1 unspecified atom stereocenters. The molecular formula is C31H31N5O4S. The molecule has 7 rings (SSSR count). The molecule has 1 aromatic carbocycles. The van der Waals surface area contributed by atoms with Crippen molar-refractivity contribution in [2.45, 2.75) is 38.3 Å². The van der Waals surface area contributed by atoms with Crippen LogP contribution in [0.25, 0.3) is 28.1 Å². The van der Waals surface area contributed by atoms with E-state index in [0.717, 1.165) is 65.9 Å². The van der Waals surface area contributed by atoms with Crippen LogP contribution in [0.1, 0.15) is 41.7 Å². The maximum atomic E-state index is 14.3. The summed E-state index contributed by atoms with van der Waals surface area (Å²) in [4.78, 5) is 33.8. The molecule has 41 heavy (non-hydrogen) atoms. The van der Waals surface area contributed by atoms with Gasteiger partial charge in [0, 0.05) is 65.1 Å². The first kappa shape index (κ1) is 25.9. The van der Waals surface area contributed by atoms with E-state index in [1.54, 1.807) is 35.7 Å². The molecule has 0 bridgehead atoms. The second-order valence-electron chi connectivity index (χ2n) is 10.8. The molecule has 1 atom stereocenters. The van der Waals surface area contributed by atoms with E-state index in [1.807, 2.05) is 45.8 Å². The average molecular weight is 570 g/mol. The van der Waals surface area contributed by atoms with E-state index in [9.17, 15) is 9.59 Å². The molecule has 3 aromatic heterocycles. The molecular weight excluding hydrogens is 538 g/mol. The fourth-order valence-corrected chi connectivity index (χ4v) is 6.62. The minimum absolute atomic E-state index is 0.0450. The van der Waals surface area contributed by atoms with E-state index in [-0.39, 0.29) is 24.2 Å². The highest BCUT2D eigenvalue weighted by Gasteiger charge is 2.40. The Morgan fingerprint density at radius 2 is 2.07 bits per heavy atom. The normalized spacial score (nSPS) is 18.5. The maximum absolute atomic E-state index is 14.3. The standard InChI is InChI=1S/C31H31N5O4S/c1-39-26-14-27-23(13-22(26)20-7-3-9-32-15-20)29-24(17-40-27)28(34-36(29)21-8-12-41-18-21)31(38)35-11-4-10-33-16-25(35)30(37)19-5-2-6-19/h3,7-9,12-15,18-19,25,33H,2,4-6,10-11,16-17H2,1H3. The number of rotatable bonds is 6. The lowest BCUT2D eigenvalue weighted by Crippen LogP contribution is -2.51. The first-order chi connectivity index (χ1) is 20.1. The van der Waals surface area contributed by atoms with Crippen LogP contribution >= 0.6 is 11.3 Å². The summed E-state index contributed by atoms with van der Waals surface area (Å²) in [6, 6.07) is 9.29. The van der Waals surface area contributed by atoms with Crippen molar-refractivity contribution in [3.05, 3.63) is 64.7 Å². The van der Waals surface area contributed by atoms with Gasteiger partial charge in [-0.2, -0.15) is 16.4 Å². The molecule has 1 aliphatic carbocycles. The minimum Gasteiger partial charge on any atom is -0.496 e. The highest BCUT2D eigenvalue weighted by atomic mass is 32.1. The molecule has 2 aliphatic heterocycles. The van der Waals surface area contributed by atoms with Crippen LogP contribution in [0.15, 0.2) is 53.5 Å². The third kappa shape index (κ3) is 4.51. The number of ether oxygens (including phenoxy) is 2. The van der Waals surface area contributed by atoms with Gasteiger partial charge >= 0.3 is 0 Å². The molecule has 0 radical (unpaired) electrons. The molecule has 4 aromatic rings. The van der Waals surface area contributed by atoms with Crippen molar-refractivity contribution in [2.24, 2.45) is 5.92 Å². The lowest BCUT2D eigenvalue weighted by atomic mass is 9.79. The number of ketones is 1. The Morgan fingerprint density at radius 1 is 1.17 bits per heavy atom. The van der Waals surface area contributed by atoms with Crippen LogP contribution in [0.3, 0.4) is 0 Å². The second kappa shape index (κ2) is 10.8. The summed E-state index contributed by atoms with van der Waals surface area (Å²) in [5.74, 6) is 1.33. The number of nitrogens with one attached hydrogen (secondary N) is 1. The minimum atomic E-state index is -0.490. The van der Waals surface area contributed by atoms with Crippen LogP contribution in [0.5, 0.6) is 11.5 Å². The van der Waals surface area contributed by atoms with E-state index in [2.05, 4.69) is 10.3 Å². The largest absolute Gasteiger partial charge is 0.496 e. The summed E-state index contributed by atoms with van der Waals surface area (Å²) >= 11 is 1.57. The van der Waals surface area contributed by atoms with Crippen molar-refractivity contribution in [2.75, 3.05) is 26.7 Å². The number of thiophene rings is 1. The number of hydrogen-bond donors (Lipinski definition) is 1. The number of carbonyl (C=O) groups is 2. The summed E-state index contributed by atoms with van der Waals surface area (Å²) in [5.41, 5.74) is 5.35. The van der Waals surface area contributed by atoms with Gasteiger partial charge in [0.15, 0.2) is 11.5 Å². The van der Waals surface area contributed by atoms with Gasteiger partial charge in [0.05, 0.1) is 18.5 Å². The number of benzene rings is 1. The molecule has 210 valence electrons. The second-order valence-corrected chi connectivity index (χ2v) is 11.5. The van der Waals surface area contributed by atoms with E-state index >= 15 is 0 Å². The zero-order valence-corrected chi connectivity index (χ0v) is 23.7. The fraction of sp³-hybridized carbons (Fsp3) is 0.355. The van der Waals surface area contributed by atoms with Gasteiger partial charge in [-0.05, 0) is 49.4 Å². The van der Waals surface area contributed by atoms with Crippen LogP contribution in [0, 0.1) is 5.92 Å². The number of Topliss-reactive ketones (excluding diaryl/α,β-unsaturated/α-hetero) is 1. The third-order valence-electron chi connectivity index (χ3n) is 8.40. The maximum Gasteiger partial charge on any atom is 0.275 e. The Kier molecular flexibility index (Phi) is 6.80. The number of aromatic nitrogens is 3. The van der Waals surface area contributed by atoms with E-state index in [0.29, 0.717) is 30.3 Å². The molecule has 1 saturated heterocycles. The van der Waals surface area contributed by atoms with Crippen molar-refractivity contribution in [3.8, 4) is 39.6 Å². The number of pyridine rings is 1. The van der Waals surface area contributed by atoms with Crippen LogP contribution in [0.2, 0.25) is 0 Å². The molecule has 5 heterocycles. The molecule has 1 saturated carbocycles. The highest BCUT2D eigenvalue weighted by Crippen LogP contribution is 2.46. The molecule has 1 N–H and O–H groups in total.